The van der Waals surface area contributed by atoms with Crippen molar-refractivity contribution in [2.24, 2.45) is 5.73 Å². The van der Waals surface area contributed by atoms with Crippen molar-refractivity contribution in [1.29, 1.82) is 0 Å². The first-order chi connectivity index (χ1) is 6.11. The van der Waals surface area contributed by atoms with E-state index in [1.807, 2.05) is 19.1 Å². The van der Waals surface area contributed by atoms with E-state index in [9.17, 15) is 4.79 Å². The van der Waals surface area contributed by atoms with Crippen molar-refractivity contribution < 1.29 is 4.79 Å². The van der Waals surface area contributed by atoms with Crippen LogP contribution in [0.5, 0.6) is 0 Å². The molecule has 66 valence electrons. The Bertz CT molecular complexity index is 399. The van der Waals surface area contributed by atoms with Crippen molar-refractivity contribution in [3.8, 4) is 11.8 Å². The Morgan fingerprint density at radius 2 is 2.15 bits per heavy atom. The standard InChI is InChI=1S/C10H10N2O/c1-7-3-2-4-8(10(7)12)5-6-9(11)13/h2-4H,12H2,1H3,(H2,11,13). The average Bonchev–Trinajstić information content (AvgIpc) is 2.07. The number of hydrogen-bond acceptors (Lipinski definition) is 2. The predicted octanol–water partition coefficient (Wildman–Crippen LogP) is 0.414. The van der Waals surface area contributed by atoms with Gasteiger partial charge in [0, 0.05) is 11.5 Å². The molecule has 1 amide bonds. The zero-order valence-corrected chi connectivity index (χ0v) is 7.29. The minimum absolute atomic E-state index is 0.594. The third-order valence-corrected chi connectivity index (χ3v) is 1.64. The number of primary amides is 1. The number of carbonyl (C=O) groups is 1. The molecule has 0 atom stereocenters. The topological polar surface area (TPSA) is 69.1 Å². The summed E-state index contributed by atoms with van der Waals surface area (Å²) in [7, 11) is 0. The van der Waals surface area contributed by atoms with Crippen molar-refractivity contribution in [3.63, 3.8) is 0 Å². The van der Waals surface area contributed by atoms with Gasteiger partial charge in [-0.15, -0.1) is 0 Å². The van der Waals surface area contributed by atoms with E-state index in [4.69, 9.17) is 11.5 Å². The number of para-hydroxylation sites is 1. The van der Waals surface area contributed by atoms with Gasteiger partial charge in [0.15, 0.2) is 0 Å². The quantitative estimate of drug-likeness (QED) is 0.442. The summed E-state index contributed by atoms with van der Waals surface area (Å²) in [6, 6.07) is 5.46. The molecule has 0 saturated carbocycles. The fourth-order valence-electron chi connectivity index (χ4n) is 0.919. The van der Waals surface area contributed by atoms with E-state index in [-0.39, 0.29) is 0 Å². The second-order valence-electron chi connectivity index (χ2n) is 2.65. The molecule has 13 heavy (non-hydrogen) atoms. The molecule has 0 radical (unpaired) electrons. The highest BCUT2D eigenvalue weighted by molar-refractivity contribution is 5.92. The predicted molar refractivity (Wildman–Crippen MR) is 51.7 cm³/mol. The second kappa shape index (κ2) is 3.63. The molecule has 1 rings (SSSR count). The fraction of sp³-hybridized carbons (Fsp3) is 0.100. The Kier molecular flexibility index (Phi) is 2.56. The lowest BCUT2D eigenvalue weighted by Gasteiger charge is -2.00. The number of nitrogens with two attached hydrogens (primary N) is 2. The zero-order valence-electron chi connectivity index (χ0n) is 7.29. The van der Waals surface area contributed by atoms with E-state index in [1.54, 1.807) is 6.07 Å². The lowest BCUT2D eigenvalue weighted by Crippen LogP contribution is -2.06. The molecule has 1 aromatic carbocycles. The highest BCUT2D eigenvalue weighted by atomic mass is 16.1. The van der Waals surface area contributed by atoms with Crippen molar-refractivity contribution >= 4 is 11.6 Å². The molecule has 0 aliphatic rings. The maximum absolute atomic E-state index is 10.4. The van der Waals surface area contributed by atoms with Crippen LogP contribution in [0.3, 0.4) is 0 Å². The van der Waals surface area contributed by atoms with Gasteiger partial charge in [-0.3, -0.25) is 4.79 Å². The third-order valence-electron chi connectivity index (χ3n) is 1.64. The number of amides is 1. The van der Waals surface area contributed by atoms with Gasteiger partial charge in [0.1, 0.15) is 0 Å². The molecule has 0 unspecified atom stereocenters. The summed E-state index contributed by atoms with van der Waals surface area (Å²) in [6.45, 7) is 1.88. The number of hydrogen-bond donors (Lipinski definition) is 2. The molecule has 3 nitrogen and oxygen atoms in total. The number of benzene rings is 1. The van der Waals surface area contributed by atoms with Crippen molar-refractivity contribution in [2.75, 3.05) is 5.73 Å². The van der Waals surface area contributed by atoms with Crippen LogP contribution in [-0.4, -0.2) is 5.91 Å². The van der Waals surface area contributed by atoms with E-state index >= 15 is 0 Å². The molecular formula is C10H10N2O. The Hall–Kier alpha value is -1.95. The van der Waals surface area contributed by atoms with Gasteiger partial charge in [0.25, 0.3) is 5.91 Å². The van der Waals surface area contributed by atoms with E-state index in [0.29, 0.717) is 11.3 Å². The Labute approximate surface area is 76.7 Å². The van der Waals surface area contributed by atoms with Gasteiger partial charge in [-0.1, -0.05) is 18.1 Å². The van der Waals surface area contributed by atoms with Crippen LogP contribution in [0.25, 0.3) is 0 Å². The van der Waals surface area contributed by atoms with Gasteiger partial charge in [-0.05, 0) is 18.6 Å². The molecule has 3 heteroatoms. The smallest absolute Gasteiger partial charge is 0.293 e. The van der Waals surface area contributed by atoms with E-state index < -0.39 is 5.91 Å². The van der Waals surface area contributed by atoms with Crippen LogP contribution in [-0.2, 0) is 4.79 Å². The van der Waals surface area contributed by atoms with Crippen LogP contribution in [0.4, 0.5) is 5.69 Å². The van der Waals surface area contributed by atoms with Gasteiger partial charge in [0.2, 0.25) is 0 Å². The lowest BCUT2D eigenvalue weighted by molar-refractivity contribution is -0.112. The van der Waals surface area contributed by atoms with Crippen LogP contribution in [0, 0.1) is 18.8 Å². The molecule has 4 N–H and O–H groups in total. The first-order valence-electron chi connectivity index (χ1n) is 3.78. The van der Waals surface area contributed by atoms with Gasteiger partial charge >= 0.3 is 0 Å². The van der Waals surface area contributed by atoms with Gasteiger partial charge < -0.3 is 11.5 Å². The first kappa shape index (κ1) is 9.14. The molecular weight excluding hydrogens is 164 g/mol. The fourth-order valence-corrected chi connectivity index (χ4v) is 0.919. The molecule has 0 aromatic heterocycles. The average molecular weight is 174 g/mol. The zero-order chi connectivity index (χ0) is 9.84. The van der Waals surface area contributed by atoms with Crippen LogP contribution < -0.4 is 11.5 Å². The van der Waals surface area contributed by atoms with Crippen molar-refractivity contribution in [1.82, 2.24) is 0 Å². The molecule has 1 aromatic rings. The second-order valence-corrected chi connectivity index (χ2v) is 2.65. The van der Waals surface area contributed by atoms with Gasteiger partial charge in [-0.25, -0.2) is 0 Å². The highest BCUT2D eigenvalue weighted by Crippen LogP contribution is 2.14. The van der Waals surface area contributed by atoms with Crippen LogP contribution in [0.15, 0.2) is 18.2 Å². The largest absolute Gasteiger partial charge is 0.398 e. The summed E-state index contributed by atoms with van der Waals surface area (Å²) in [5.41, 5.74) is 12.8. The van der Waals surface area contributed by atoms with E-state index in [1.165, 1.54) is 0 Å². The van der Waals surface area contributed by atoms with Crippen molar-refractivity contribution in [3.05, 3.63) is 29.3 Å². The number of anilines is 1. The Morgan fingerprint density at radius 3 is 2.77 bits per heavy atom. The SMILES string of the molecule is Cc1cccc(C#CC(N)=O)c1N. The normalized spacial score (nSPS) is 8.69. The number of nitrogen functional groups attached to an aromatic ring is 1. The first-order valence-corrected chi connectivity index (χ1v) is 3.78. The monoisotopic (exact) mass is 174 g/mol. The Balaban J connectivity index is 3.11. The summed E-state index contributed by atoms with van der Waals surface area (Å²) in [4.78, 5) is 10.4. The molecule has 0 saturated heterocycles. The van der Waals surface area contributed by atoms with Gasteiger partial charge in [0.05, 0.1) is 5.69 Å². The summed E-state index contributed by atoms with van der Waals surface area (Å²) >= 11 is 0. The van der Waals surface area contributed by atoms with Crippen LogP contribution >= 0.6 is 0 Å². The summed E-state index contributed by atoms with van der Waals surface area (Å²) < 4.78 is 0. The molecule has 0 fully saturated rings. The molecule has 0 aliphatic carbocycles. The molecule has 0 aliphatic heterocycles. The number of carbonyl (C=O) groups excluding carboxylic acids is 1. The molecule has 0 spiro atoms. The Morgan fingerprint density at radius 1 is 1.46 bits per heavy atom. The van der Waals surface area contributed by atoms with Crippen LogP contribution in [0.2, 0.25) is 0 Å². The third kappa shape index (κ3) is 2.24. The molecule has 0 bridgehead atoms. The molecule has 0 heterocycles. The van der Waals surface area contributed by atoms with E-state index in [2.05, 4.69) is 11.8 Å². The number of rotatable bonds is 0. The van der Waals surface area contributed by atoms with Crippen molar-refractivity contribution in [2.45, 2.75) is 6.92 Å². The maximum Gasteiger partial charge on any atom is 0.293 e. The summed E-state index contributed by atoms with van der Waals surface area (Å²) in [6.07, 6.45) is 0. The van der Waals surface area contributed by atoms with E-state index in [0.717, 1.165) is 5.56 Å². The number of aryl methyl sites for hydroxylation is 1. The highest BCUT2D eigenvalue weighted by Gasteiger charge is 1.97. The maximum atomic E-state index is 10.4. The summed E-state index contributed by atoms with van der Waals surface area (Å²) in [5, 5.41) is 0. The lowest BCUT2D eigenvalue weighted by atomic mass is 10.1. The van der Waals surface area contributed by atoms with Crippen LogP contribution in [0.1, 0.15) is 11.1 Å². The summed E-state index contributed by atoms with van der Waals surface area (Å²) in [5.74, 6) is 4.19. The minimum Gasteiger partial charge on any atom is -0.398 e. The minimum atomic E-state index is -0.652. The van der Waals surface area contributed by atoms with Gasteiger partial charge in [-0.2, -0.15) is 0 Å².